The van der Waals surface area contributed by atoms with E-state index in [4.69, 9.17) is 4.98 Å². The van der Waals surface area contributed by atoms with Gasteiger partial charge >= 0.3 is 10.0 Å². The van der Waals surface area contributed by atoms with Gasteiger partial charge in [-0.05, 0) is 46.7 Å². The number of pyridine rings is 1. The molecule has 2 aromatic carbocycles. The van der Waals surface area contributed by atoms with E-state index in [1.165, 1.54) is 23.5 Å². The van der Waals surface area contributed by atoms with E-state index in [2.05, 4.69) is 66.0 Å². The molecule has 0 bridgehead atoms. The molecular formula is C31H34N4O3S2Si. The van der Waals surface area contributed by atoms with E-state index in [0.29, 0.717) is 11.5 Å². The van der Waals surface area contributed by atoms with Crippen LogP contribution in [-0.2, 0) is 23.0 Å². The number of sulfonamides is 1. The Morgan fingerprint density at radius 2 is 1.73 bits per heavy atom. The first kappa shape index (κ1) is 28.9. The van der Waals surface area contributed by atoms with E-state index in [-0.39, 0.29) is 5.56 Å². The van der Waals surface area contributed by atoms with Crippen LogP contribution in [0.25, 0.3) is 22.3 Å². The SMILES string of the molecule is CCCc1nc2c(C)ccnc2n1Cc1ccc(-c2cc([Si](C)(C)C)sc2NS(=O)(=O)C(=O)c2ccccc2)cc1. The van der Waals surface area contributed by atoms with Crippen LogP contribution in [0.3, 0.4) is 0 Å². The van der Waals surface area contributed by atoms with Crippen LogP contribution in [0.1, 0.15) is 40.7 Å². The third-order valence-electron chi connectivity index (χ3n) is 6.95. The summed E-state index contributed by atoms with van der Waals surface area (Å²) < 4.78 is 32.2. The van der Waals surface area contributed by atoms with Gasteiger partial charge in [0, 0.05) is 23.7 Å². The molecule has 1 N–H and O–H groups in total. The molecule has 0 atom stereocenters. The predicted octanol–water partition coefficient (Wildman–Crippen LogP) is 6.60. The number of nitrogens with zero attached hydrogens (tertiary/aromatic N) is 3. The number of hydrogen-bond acceptors (Lipinski definition) is 6. The number of aryl methyl sites for hydroxylation is 2. The van der Waals surface area contributed by atoms with Crippen molar-refractivity contribution in [2.24, 2.45) is 0 Å². The molecule has 3 aromatic heterocycles. The zero-order valence-electron chi connectivity index (χ0n) is 23.9. The van der Waals surface area contributed by atoms with E-state index >= 15 is 0 Å². The Bertz CT molecular complexity index is 1820. The van der Waals surface area contributed by atoms with Crippen molar-refractivity contribution in [1.82, 2.24) is 14.5 Å². The number of rotatable bonds is 9. The van der Waals surface area contributed by atoms with E-state index in [9.17, 15) is 13.2 Å². The van der Waals surface area contributed by atoms with E-state index in [1.54, 1.807) is 18.2 Å². The van der Waals surface area contributed by atoms with Crippen molar-refractivity contribution >= 4 is 55.2 Å². The number of fused-ring (bicyclic) bond motifs is 1. The number of nitrogens with one attached hydrogen (secondary N) is 1. The standard InChI is InChI=1S/C31H34N4O3S2Si/c1-6-10-26-33-28-21(2)17-18-32-29(28)35(26)20-22-13-15-23(16-14-22)25-19-27(41(3,4)5)39-30(25)34-40(37,38)31(36)24-11-8-7-9-12-24/h7-9,11-19,34H,6,10,20H2,1-5H3. The van der Waals surface area contributed by atoms with Crippen molar-refractivity contribution in [2.45, 2.75) is 52.9 Å². The summed E-state index contributed by atoms with van der Waals surface area (Å²) in [7, 11) is -6.05. The Labute approximate surface area is 246 Å². The first-order valence-corrected chi connectivity index (χ1v) is 19.4. The summed E-state index contributed by atoms with van der Waals surface area (Å²) in [6, 6.07) is 20.3. The van der Waals surface area contributed by atoms with Gasteiger partial charge in [-0.25, -0.2) is 9.97 Å². The fourth-order valence-corrected chi connectivity index (χ4v) is 8.87. The maximum atomic E-state index is 13.1. The molecule has 212 valence electrons. The van der Waals surface area contributed by atoms with Crippen LogP contribution in [0, 0.1) is 6.92 Å². The highest BCUT2D eigenvalue weighted by Crippen LogP contribution is 2.35. The smallest absolute Gasteiger partial charge is 0.301 e. The molecule has 0 amide bonds. The highest BCUT2D eigenvalue weighted by molar-refractivity contribution is 8.07. The summed E-state index contributed by atoms with van der Waals surface area (Å²) in [5.41, 5.74) is 5.82. The highest BCUT2D eigenvalue weighted by atomic mass is 32.2. The van der Waals surface area contributed by atoms with Gasteiger partial charge in [0.15, 0.2) is 5.65 Å². The van der Waals surface area contributed by atoms with Crippen LogP contribution >= 0.6 is 11.3 Å². The van der Waals surface area contributed by atoms with Crippen molar-refractivity contribution in [3.63, 3.8) is 0 Å². The first-order chi connectivity index (χ1) is 19.5. The number of thiophene rings is 1. The van der Waals surface area contributed by atoms with Crippen LogP contribution < -0.4 is 9.22 Å². The van der Waals surface area contributed by atoms with Gasteiger partial charge in [0.1, 0.15) is 16.3 Å². The average molecular weight is 603 g/mol. The van der Waals surface area contributed by atoms with Gasteiger partial charge in [0.25, 0.3) is 5.12 Å². The molecule has 0 radical (unpaired) electrons. The Balaban J connectivity index is 1.48. The van der Waals surface area contributed by atoms with Crippen LogP contribution in [0.4, 0.5) is 5.00 Å². The van der Waals surface area contributed by atoms with Gasteiger partial charge < -0.3 is 4.57 Å². The van der Waals surface area contributed by atoms with Gasteiger partial charge in [0.05, 0.1) is 14.6 Å². The van der Waals surface area contributed by atoms with Crippen molar-refractivity contribution < 1.29 is 13.2 Å². The van der Waals surface area contributed by atoms with Gasteiger partial charge in [-0.15, -0.1) is 11.3 Å². The largest absolute Gasteiger partial charge is 0.308 e. The molecule has 0 aliphatic rings. The zero-order valence-corrected chi connectivity index (χ0v) is 26.6. The third-order valence-corrected chi connectivity index (χ3v) is 12.9. The number of carbonyl (C=O) groups is 1. The summed E-state index contributed by atoms with van der Waals surface area (Å²) in [5.74, 6) is 1.02. The summed E-state index contributed by atoms with van der Waals surface area (Å²) in [6.45, 7) is 11.5. The number of benzene rings is 2. The summed E-state index contributed by atoms with van der Waals surface area (Å²) in [4.78, 5) is 22.4. The molecule has 10 heteroatoms. The molecule has 5 aromatic rings. The predicted molar refractivity (Wildman–Crippen MR) is 171 cm³/mol. The summed E-state index contributed by atoms with van der Waals surface area (Å²) in [5, 5.41) is -0.480. The molecule has 5 rings (SSSR count). The van der Waals surface area contributed by atoms with Gasteiger partial charge in [0.2, 0.25) is 0 Å². The molecule has 0 fully saturated rings. The minimum absolute atomic E-state index is 0.132. The molecular weight excluding hydrogens is 569 g/mol. The van der Waals surface area contributed by atoms with Gasteiger partial charge in [-0.2, -0.15) is 8.42 Å². The second-order valence-electron chi connectivity index (χ2n) is 11.2. The summed E-state index contributed by atoms with van der Waals surface area (Å²) in [6.07, 6.45) is 3.68. The van der Waals surface area contributed by atoms with Crippen LogP contribution in [0.5, 0.6) is 0 Å². The Kier molecular flexibility index (Phi) is 8.00. The number of anilines is 1. The van der Waals surface area contributed by atoms with Gasteiger partial charge in [-0.3, -0.25) is 9.52 Å². The first-order valence-electron chi connectivity index (χ1n) is 13.6. The minimum Gasteiger partial charge on any atom is -0.308 e. The Morgan fingerprint density at radius 3 is 2.39 bits per heavy atom. The van der Waals surface area contributed by atoms with Gasteiger partial charge in [-0.1, -0.05) is 81.2 Å². The topological polar surface area (TPSA) is 93.9 Å². The van der Waals surface area contributed by atoms with Crippen molar-refractivity contribution in [2.75, 3.05) is 4.72 Å². The molecule has 0 aliphatic heterocycles. The lowest BCUT2D eigenvalue weighted by Crippen LogP contribution is -2.34. The fourth-order valence-electron chi connectivity index (χ4n) is 4.69. The monoisotopic (exact) mass is 602 g/mol. The second-order valence-corrected chi connectivity index (χ2v) is 19.3. The van der Waals surface area contributed by atoms with E-state index < -0.39 is 23.2 Å². The molecule has 0 saturated heterocycles. The molecule has 0 spiro atoms. The molecule has 7 nitrogen and oxygen atoms in total. The fraction of sp³-hybridized carbons (Fsp3) is 0.258. The van der Waals surface area contributed by atoms with Crippen molar-refractivity contribution in [3.05, 3.63) is 95.4 Å². The number of hydrogen-bond donors (Lipinski definition) is 1. The number of imidazole rings is 1. The maximum absolute atomic E-state index is 13.1. The molecule has 41 heavy (non-hydrogen) atoms. The maximum Gasteiger partial charge on any atom is 0.301 e. The molecule has 0 unspecified atom stereocenters. The Morgan fingerprint density at radius 1 is 1.02 bits per heavy atom. The van der Waals surface area contributed by atoms with E-state index in [1.807, 2.05) is 24.4 Å². The summed E-state index contributed by atoms with van der Waals surface area (Å²) >= 11 is 1.42. The van der Waals surface area contributed by atoms with Crippen molar-refractivity contribution in [3.8, 4) is 11.1 Å². The third kappa shape index (κ3) is 6.05. The van der Waals surface area contributed by atoms with Crippen LogP contribution in [-0.4, -0.2) is 36.1 Å². The normalized spacial score (nSPS) is 12.1. The lowest BCUT2D eigenvalue weighted by atomic mass is 10.1. The number of carbonyl (C=O) groups excluding carboxylic acids is 1. The molecule has 0 saturated carbocycles. The Hall–Kier alpha value is -3.60. The zero-order chi connectivity index (χ0) is 29.4. The molecule has 3 heterocycles. The quantitative estimate of drug-likeness (QED) is 0.192. The lowest BCUT2D eigenvalue weighted by molar-refractivity contribution is 0.107. The number of aromatic nitrogens is 3. The molecule has 0 aliphatic carbocycles. The van der Waals surface area contributed by atoms with Crippen LogP contribution in [0.15, 0.2) is 72.9 Å². The van der Waals surface area contributed by atoms with Crippen molar-refractivity contribution in [1.29, 1.82) is 0 Å². The van der Waals surface area contributed by atoms with Crippen LogP contribution in [0.2, 0.25) is 19.6 Å². The average Bonchev–Trinajstić information content (AvgIpc) is 3.52. The van der Waals surface area contributed by atoms with E-state index in [0.717, 1.165) is 56.6 Å². The second kappa shape index (κ2) is 11.3. The lowest BCUT2D eigenvalue weighted by Gasteiger charge is -2.12. The minimum atomic E-state index is -4.29. The highest BCUT2D eigenvalue weighted by Gasteiger charge is 2.28.